The fourth-order valence-corrected chi connectivity index (χ4v) is 3.08. The topological polar surface area (TPSA) is 32.3 Å². The second-order valence-electron chi connectivity index (χ2n) is 4.89. The first kappa shape index (κ1) is 14.4. The number of amides is 1. The van der Waals surface area contributed by atoms with E-state index in [0.29, 0.717) is 0 Å². The van der Waals surface area contributed by atoms with Crippen molar-refractivity contribution in [2.45, 2.75) is 25.2 Å². The van der Waals surface area contributed by atoms with E-state index < -0.39 is 0 Å². The minimum atomic E-state index is 0.184. The summed E-state index contributed by atoms with van der Waals surface area (Å²) in [5, 5.41) is 3.28. The minimum Gasteiger partial charge on any atom is -0.336 e. The Labute approximate surface area is 119 Å². The number of hydrogen-bond acceptors (Lipinski definition) is 3. The van der Waals surface area contributed by atoms with Crippen molar-refractivity contribution >= 4 is 17.7 Å². The van der Waals surface area contributed by atoms with Crippen molar-refractivity contribution in [3.8, 4) is 0 Å². The van der Waals surface area contributed by atoms with Gasteiger partial charge in [0.05, 0.1) is 5.56 Å². The molecule has 1 heterocycles. The van der Waals surface area contributed by atoms with Crippen LogP contribution in [0, 0.1) is 6.92 Å². The molecule has 1 aromatic rings. The highest BCUT2D eigenvalue weighted by molar-refractivity contribution is 7.99. The van der Waals surface area contributed by atoms with Gasteiger partial charge < -0.3 is 10.2 Å². The third-order valence-electron chi connectivity index (χ3n) is 3.23. The van der Waals surface area contributed by atoms with E-state index in [9.17, 15) is 4.79 Å². The standard InChI is InChI=1S/C15H22N2OS/c1-3-10-19-14-5-4-12(2)11-13(14)15(18)17-8-6-16-7-9-17/h4-5,11,16H,3,6-10H2,1-2H3. The van der Waals surface area contributed by atoms with Gasteiger partial charge in [-0.05, 0) is 31.2 Å². The van der Waals surface area contributed by atoms with Crippen molar-refractivity contribution in [1.29, 1.82) is 0 Å². The van der Waals surface area contributed by atoms with E-state index >= 15 is 0 Å². The van der Waals surface area contributed by atoms with Gasteiger partial charge in [-0.3, -0.25) is 4.79 Å². The highest BCUT2D eigenvalue weighted by Crippen LogP contribution is 2.25. The van der Waals surface area contributed by atoms with Gasteiger partial charge in [0.2, 0.25) is 0 Å². The molecule has 0 radical (unpaired) electrons. The average molecular weight is 278 g/mol. The predicted octanol–water partition coefficient (Wildman–Crippen LogP) is 2.54. The molecule has 0 unspecified atom stereocenters. The molecule has 4 heteroatoms. The molecule has 0 spiro atoms. The maximum Gasteiger partial charge on any atom is 0.255 e. The molecular formula is C15H22N2OS. The van der Waals surface area contributed by atoms with E-state index in [4.69, 9.17) is 0 Å². The Hall–Kier alpha value is -1.00. The summed E-state index contributed by atoms with van der Waals surface area (Å²) in [5.74, 6) is 1.24. The first-order valence-corrected chi connectivity index (χ1v) is 7.94. The first-order chi connectivity index (χ1) is 9.22. The molecule has 2 rings (SSSR count). The molecule has 1 N–H and O–H groups in total. The highest BCUT2D eigenvalue weighted by Gasteiger charge is 2.20. The summed E-state index contributed by atoms with van der Waals surface area (Å²) >= 11 is 1.78. The lowest BCUT2D eigenvalue weighted by molar-refractivity contribution is 0.0732. The highest BCUT2D eigenvalue weighted by atomic mass is 32.2. The minimum absolute atomic E-state index is 0.184. The summed E-state index contributed by atoms with van der Waals surface area (Å²) in [5.41, 5.74) is 2.03. The van der Waals surface area contributed by atoms with Gasteiger partial charge in [-0.15, -0.1) is 11.8 Å². The van der Waals surface area contributed by atoms with Crippen molar-refractivity contribution < 1.29 is 4.79 Å². The number of benzene rings is 1. The maximum atomic E-state index is 12.6. The quantitative estimate of drug-likeness (QED) is 0.859. The molecule has 1 aromatic carbocycles. The lowest BCUT2D eigenvalue weighted by Crippen LogP contribution is -2.46. The molecule has 1 amide bonds. The van der Waals surface area contributed by atoms with E-state index in [1.54, 1.807) is 11.8 Å². The molecule has 104 valence electrons. The van der Waals surface area contributed by atoms with Crippen molar-refractivity contribution in [3.05, 3.63) is 29.3 Å². The molecule has 0 aromatic heterocycles. The summed E-state index contributed by atoms with van der Waals surface area (Å²) in [6.45, 7) is 7.63. The van der Waals surface area contributed by atoms with Crippen LogP contribution in [0.4, 0.5) is 0 Å². The summed E-state index contributed by atoms with van der Waals surface area (Å²) < 4.78 is 0. The number of hydrogen-bond donors (Lipinski definition) is 1. The zero-order valence-corrected chi connectivity index (χ0v) is 12.6. The molecule has 0 atom stereocenters. The van der Waals surface area contributed by atoms with E-state index in [-0.39, 0.29) is 5.91 Å². The third-order valence-corrected chi connectivity index (χ3v) is 4.51. The Bertz CT molecular complexity index is 442. The molecule has 3 nitrogen and oxygen atoms in total. The largest absolute Gasteiger partial charge is 0.336 e. The number of thioether (sulfide) groups is 1. The molecular weight excluding hydrogens is 256 g/mol. The van der Waals surface area contributed by atoms with Crippen LogP contribution in [0.3, 0.4) is 0 Å². The molecule has 0 saturated carbocycles. The van der Waals surface area contributed by atoms with Gasteiger partial charge in [-0.25, -0.2) is 0 Å². The number of nitrogens with one attached hydrogen (secondary N) is 1. The molecule has 1 fully saturated rings. The average Bonchev–Trinajstić information content (AvgIpc) is 2.46. The van der Waals surface area contributed by atoms with Crippen molar-refractivity contribution in [3.63, 3.8) is 0 Å². The van der Waals surface area contributed by atoms with Crippen LogP contribution in [0.15, 0.2) is 23.1 Å². The lowest BCUT2D eigenvalue weighted by atomic mass is 10.1. The Morgan fingerprint density at radius 3 is 2.79 bits per heavy atom. The summed E-state index contributed by atoms with van der Waals surface area (Å²) in [6, 6.07) is 6.21. The van der Waals surface area contributed by atoms with Crippen LogP contribution in [-0.4, -0.2) is 42.7 Å². The molecule has 1 aliphatic heterocycles. The SMILES string of the molecule is CCCSc1ccc(C)cc1C(=O)N1CCNCC1. The lowest BCUT2D eigenvalue weighted by Gasteiger charge is -2.28. The van der Waals surface area contributed by atoms with Crippen LogP contribution in [-0.2, 0) is 0 Å². The fraction of sp³-hybridized carbons (Fsp3) is 0.533. The number of nitrogens with zero attached hydrogens (tertiary/aromatic N) is 1. The van der Waals surface area contributed by atoms with Crippen molar-refractivity contribution in [2.75, 3.05) is 31.9 Å². The number of carbonyl (C=O) groups excluding carboxylic acids is 1. The van der Waals surface area contributed by atoms with E-state index in [2.05, 4.69) is 24.4 Å². The Balaban J connectivity index is 2.20. The van der Waals surface area contributed by atoms with Gasteiger partial charge in [0.1, 0.15) is 0 Å². The molecule has 0 bridgehead atoms. The Kier molecular flexibility index (Phi) is 5.28. The monoisotopic (exact) mass is 278 g/mol. The summed E-state index contributed by atoms with van der Waals surface area (Å²) in [4.78, 5) is 15.7. The number of piperazine rings is 1. The number of rotatable bonds is 4. The zero-order chi connectivity index (χ0) is 13.7. The van der Waals surface area contributed by atoms with Crippen LogP contribution >= 0.6 is 11.8 Å². The number of aryl methyl sites for hydroxylation is 1. The fourth-order valence-electron chi connectivity index (χ4n) is 2.19. The van der Waals surface area contributed by atoms with Gasteiger partial charge in [0, 0.05) is 31.1 Å². The van der Waals surface area contributed by atoms with Crippen LogP contribution in [0.1, 0.15) is 29.3 Å². The second kappa shape index (κ2) is 6.96. The van der Waals surface area contributed by atoms with Crippen molar-refractivity contribution in [1.82, 2.24) is 10.2 Å². The van der Waals surface area contributed by atoms with Gasteiger partial charge >= 0.3 is 0 Å². The third kappa shape index (κ3) is 3.74. The molecule has 19 heavy (non-hydrogen) atoms. The first-order valence-electron chi connectivity index (χ1n) is 6.96. The smallest absolute Gasteiger partial charge is 0.255 e. The molecule has 1 saturated heterocycles. The molecule has 0 aliphatic carbocycles. The molecule has 1 aliphatic rings. The van der Waals surface area contributed by atoms with Crippen LogP contribution in [0.5, 0.6) is 0 Å². The van der Waals surface area contributed by atoms with Crippen LogP contribution in [0.25, 0.3) is 0 Å². The van der Waals surface area contributed by atoms with Gasteiger partial charge in [0.15, 0.2) is 0 Å². The second-order valence-corrected chi connectivity index (χ2v) is 6.03. The van der Waals surface area contributed by atoms with Gasteiger partial charge in [0.25, 0.3) is 5.91 Å². The Morgan fingerprint density at radius 2 is 2.11 bits per heavy atom. The van der Waals surface area contributed by atoms with Crippen molar-refractivity contribution in [2.24, 2.45) is 0 Å². The number of carbonyl (C=O) groups is 1. The van der Waals surface area contributed by atoms with Gasteiger partial charge in [-0.2, -0.15) is 0 Å². The summed E-state index contributed by atoms with van der Waals surface area (Å²) in [7, 11) is 0. The summed E-state index contributed by atoms with van der Waals surface area (Å²) in [6.07, 6.45) is 1.12. The normalized spacial score (nSPS) is 15.6. The van der Waals surface area contributed by atoms with E-state index in [1.165, 1.54) is 0 Å². The van der Waals surface area contributed by atoms with Crippen LogP contribution < -0.4 is 5.32 Å². The maximum absolute atomic E-state index is 12.6. The van der Waals surface area contributed by atoms with E-state index in [1.807, 2.05) is 17.9 Å². The Morgan fingerprint density at radius 1 is 1.37 bits per heavy atom. The predicted molar refractivity (Wildman–Crippen MR) is 81.0 cm³/mol. The van der Waals surface area contributed by atoms with Gasteiger partial charge in [-0.1, -0.05) is 18.6 Å². The zero-order valence-electron chi connectivity index (χ0n) is 11.7. The van der Waals surface area contributed by atoms with E-state index in [0.717, 1.165) is 54.4 Å². The van der Waals surface area contributed by atoms with Crippen LogP contribution in [0.2, 0.25) is 0 Å².